The molecule has 0 amide bonds. The van der Waals surface area contributed by atoms with E-state index in [1.807, 2.05) is 30.3 Å². The molecule has 4 rings (SSSR count). The maximum Gasteiger partial charge on any atom is 0.243 e. The number of anilines is 1. The average Bonchev–Trinajstić information content (AvgIpc) is 3.34. The van der Waals surface area contributed by atoms with E-state index in [0.29, 0.717) is 29.7 Å². The van der Waals surface area contributed by atoms with Gasteiger partial charge in [-0.05, 0) is 48.6 Å². The van der Waals surface area contributed by atoms with E-state index in [-0.39, 0.29) is 17.2 Å². The summed E-state index contributed by atoms with van der Waals surface area (Å²) in [5.41, 5.74) is 1.60. The first-order chi connectivity index (χ1) is 16.9. The number of sulfonamides is 1. The quantitative estimate of drug-likeness (QED) is 0.290. The van der Waals surface area contributed by atoms with E-state index < -0.39 is 10.0 Å². The van der Waals surface area contributed by atoms with Crippen molar-refractivity contribution in [3.63, 3.8) is 0 Å². The zero-order chi connectivity index (χ0) is 24.7. The first-order valence-corrected chi connectivity index (χ1v) is 14.7. The fourth-order valence-electron chi connectivity index (χ4n) is 3.65. The molecule has 1 aliphatic rings. The van der Waals surface area contributed by atoms with Gasteiger partial charge < -0.3 is 5.32 Å². The van der Waals surface area contributed by atoms with Gasteiger partial charge in [-0.2, -0.15) is 4.31 Å². The van der Waals surface area contributed by atoms with Gasteiger partial charge in [-0.25, -0.2) is 8.42 Å². The Morgan fingerprint density at radius 1 is 1.11 bits per heavy atom. The van der Waals surface area contributed by atoms with Crippen molar-refractivity contribution in [1.82, 2.24) is 14.5 Å². The van der Waals surface area contributed by atoms with Gasteiger partial charge in [0.2, 0.25) is 15.2 Å². The topological polar surface area (TPSA) is 92.3 Å². The monoisotopic (exact) mass is 528 g/mol. The summed E-state index contributed by atoms with van der Waals surface area (Å²) in [6.45, 7) is 3.28. The van der Waals surface area contributed by atoms with Crippen molar-refractivity contribution in [1.29, 1.82) is 0 Å². The van der Waals surface area contributed by atoms with Gasteiger partial charge >= 0.3 is 0 Å². The molecule has 0 bridgehead atoms. The molecule has 1 aliphatic heterocycles. The van der Waals surface area contributed by atoms with Crippen molar-refractivity contribution in [2.45, 2.75) is 29.0 Å². The van der Waals surface area contributed by atoms with Crippen LogP contribution in [0.2, 0.25) is 0 Å². The summed E-state index contributed by atoms with van der Waals surface area (Å²) in [7, 11) is -3.52. The van der Waals surface area contributed by atoms with E-state index in [1.165, 1.54) is 27.8 Å². The molecule has 0 unspecified atom stereocenters. The predicted molar refractivity (Wildman–Crippen MR) is 143 cm³/mol. The van der Waals surface area contributed by atoms with Crippen LogP contribution < -0.4 is 5.32 Å². The van der Waals surface area contributed by atoms with Crippen LogP contribution >= 0.6 is 23.1 Å². The molecule has 3 aromatic rings. The van der Waals surface area contributed by atoms with Crippen LogP contribution in [0.4, 0.5) is 5.13 Å². The van der Waals surface area contributed by atoms with Gasteiger partial charge in [0.15, 0.2) is 10.1 Å². The summed E-state index contributed by atoms with van der Waals surface area (Å²) in [5.74, 6) is 1.18. The number of aromatic nitrogens is 2. The Hall–Kier alpha value is -2.53. The summed E-state index contributed by atoms with van der Waals surface area (Å²) in [6, 6.07) is 16.3. The van der Waals surface area contributed by atoms with E-state index in [4.69, 9.17) is 0 Å². The van der Waals surface area contributed by atoms with Gasteiger partial charge in [-0.3, -0.25) is 4.79 Å². The number of rotatable bonds is 10. The SMILES string of the molecule is CC1CCN(S(=O)(=O)c2ccc(C(=O)CNc3nnc(SC/C=C/c4ccccc4)s3)cc2)CC1. The Balaban J connectivity index is 1.26. The number of benzene rings is 2. The highest BCUT2D eigenvalue weighted by Crippen LogP contribution is 2.26. The third kappa shape index (κ3) is 7.00. The summed E-state index contributed by atoms with van der Waals surface area (Å²) < 4.78 is 28.1. The van der Waals surface area contributed by atoms with Gasteiger partial charge in [0.05, 0.1) is 11.4 Å². The smallest absolute Gasteiger partial charge is 0.243 e. The van der Waals surface area contributed by atoms with Crippen LogP contribution in [0, 0.1) is 5.92 Å². The highest BCUT2D eigenvalue weighted by Gasteiger charge is 2.28. The summed E-state index contributed by atoms with van der Waals surface area (Å²) in [6.07, 6.45) is 5.89. The second kappa shape index (κ2) is 11.9. The largest absolute Gasteiger partial charge is 0.353 e. The number of hydrogen-bond donors (Lipinski definition) is 1. The summed E-state index contributed by atoms with van der Waals surface area (Å²) >= 11 is 2.98. The molecule has 0 spiro atoms. The Bertz CT molecular complexity index is 1250. The highest BCUT2D eigenvalue weighted by atomic mass is 32.2. The lowest BCUT2D eigenvalue weighted by molar-refractivity contribution is 0.101. The van der Waals surface area contributed by atoms with E-state index in [9.17, 15) is 13.2 Å². The van der Waals surface area contributed by atoms with Crippen LogP contribution in [0.1, 0.15) is 35.7 Å². The lowest BCUT2D eigenvalue weighted by Gasteiger charge is -2.29. The van der Waals surface area contributed by atoms with Gasteiger partial charge in [0.25, 0.3) is 0 Å². The molecule has 2 aromatic carbocycles. The molecule has 0 saturated carbocycles. The highest BCUT2D eigenvalue weighted by molar-refractivity contribution is 8.01. The van der Waals surface area contributed by atoms with Crippen LogP contribution in [0.5, 0.6) is 0 Å². The van der Waals surface area contributed by atoms with Gasteiger partial charge in [0, 0.05) is 24.4 Å². The van der Waals surface area contributed by atoms with Crippen molar-refractivity contribution in [2.24, 2.45) is 5.92 Å². The Morgan fingerprint density at radius 3 is 2.54 bits per heavy atom. The minimum atomic E-state index is -3.52. The number of nitrogens with zero attached hydrogens (tertiary/aromatic N) is 3. The normalized spacial score (nSPS) is 15.5. The van der Waals surface area contributed by atoms with E-state index in [1.54, 1.807) is 23.9 Å². The number of thioether (sulfide) groups is 1. The number of nitrogens with one attached hydrogen (secondary N) is 1. The maximum atomic E-state index is 12.9. The Morgan fingerprint density at radius 2 is 1.83 bits per heavy atom. The maximum absolute atomic E-state index is 12.9. The van der Waals surface area contributed by atoms with Crippen LogP contribution in [-0.2, 0) is 10.0 Å². The Kier molecular flexibility index (Phi) is 8.72. The zero-order valence-electron chi connectivity index (χ0n) is 19.5. The van der Waals surface area contributed by atoms with E-state index in [0.717, 1.165) is 28.5 Å². The molecule has 1 N–H and O–H groups in total. The second-order valence-corrected chi connectivity index (χ2v) is 12.6. The minimum absolute atomic E-state index is 0.0588. The summed E-state index contributed by atoms with van der Waals surface area (Å²) in [4.78, 5) is 12.8. The molecular formula is C25H28N4O3S3. The molecular weight excluding hydrogens is 501 g/mol. The summed E-state index contributed by atoms with van der Waals surface area (Å²) in [5, 5.41) is 11.8. The van der Waals surface area contributed by atoms with E-state index >= 15 is 0 Å². The van der Waals surface area contributed by atoms with Gasteiger partial charge in [-0.1, -0.05) is 72.5 Å². The number of hydrogen-bond acceptors (Lipinski definition) is 8. The standard InChI is InChI=1S/C25H28N4O3S3/c1-19-13-15-29(16-14-19)35(31,32)22-11-9-21(10-12-22)23(30)18-26-24-27-28-25(34-24)33-17-5-8-20-6-3-2-4-7-20/h2-12,19H,13-18H2,1H3,(H,26,27)/b8-5+. The van der Waals surface area contributed by atoms with Crippen LogP contribution in [0.3, 0.4) is 0 Å². The van der Waals surface area contributed by atoms with Crippen molar-refractivity contribution in [3.8, 4) is 0 Å². The molecule has 184 valence electrons. The molecule has 1 aromatic heterocycles. The molecule has 2 heterocycles. The van der Waals surface area contributed by atoms with Crippen molar-refractivity contribution in [3.05, 3.63) is 71.8 Å². The second-order valence-electron chi connectivity index (χ2n) is 8.38. The fraction of sp³-hybridized carbons (Fsp3) is 0.320. The lowest BCUT2D eigenvalue weighted by atomic mass is 10.0. The van der Waals surface area contributed by atoms with Crippen molar-refractivity contribution < 1.29 is 13.2 Å². The Labute approximate surface area is 214 Å². The van der Waals surface area contributed by atoms with Crippen molar-refractivity contribution >= 4 is 50.1 Å². The number of Topliss-reactive ketones (excluding diaryl/α,β-unsaturated/α-hetero) is 1. The van der Waals surface area contributed by atoms with Crippen LogP contribution in [-0.4, -0.2) is 54.1 Å². The van der Waals surface area contributed by atoms with Gasteiger partial charge in [-0.15, -0.1) is 10.2 Å². The first kappa shape index (κ1) is 25.6. The molecule has 0 atom stereocenters. The minimum Gasteiger partial charge on any atom is -0.353 e. The third-order valence-electron chi connectivity index (χ3n) is 5.78. The average molecular weight is 529 g/mol. The molecule has 35 heavy (non-hydrogen) atoms. The lowest BCUT2D eigenvalue weighted by Crippen LogP contribution is -2.37. The van der Waals surface area contributed by atoms with Crippen LogP contribution in [0.25, 0.3) is 6.08 Å². The number of carbonyl (C=O) groups is 1. The third-order valence-corrected chi connectivity index (χ3v) is 9.66. The first-order valence-electron chi connectivity index (χ1n) is 11.5. The molecule has 7 nitrogen and oxygen atoms in total. The zero-order valence-corrected chi connectivity index (χ0v) is 21.9. The van der Waals surface area contributed by atoms with E-state index in [2.05, 4.69) is 34.6 Å². The number of ketones is 1. The number of carbonyl (C=O) groups excluding carboxylic acids is 1. The molecule has 0 radical (unpaired) electrons. The fourth-order valence-corrected chi connectivity index (χ4v) is 6.71. The number of piperidine rings is 1. The molecule has 0 aliphatic carbocycles. The predicted octanol–water partition coefficient (Wildman–Crippen LogP) is 5.06. The molecule has 1 fully saturated rings. The van der Waals surface area contributed by atoms with Crippen molar-refractivity contribution in [2.75, 3.05) is 30.7 Å². The molecule has 1 saturated heterocycles. The van der Waals surface area contributed by atoms with Gasteiger partial charge in [0.1, 0.15) is 0 Å². The van der Waals surface area contributed by atoms with Crippen LogP contribution in [0.15, 0.2) is 69.9 Å². The molecule has 10 heteroatoms.